The summed E-state index contributed by atoms with van der Waals surface area (Å²) in [6.45, 7) is 9.02. The van der Waals surface area contributed by atoms with Crippen LogP contribution in [0.3, 0.4) is 0 Å². The number of hydrogen-bond acceptors (Lipinski definition) is 10. The highest BCUT2D eigenvalue weighted by Crippen LogP contribution is 2.45. The zero-order valence-corrected chi connectivity index (χ0v) is 26.9. The van der Waals surface area contributed by atoms with Crippen LogP contribution in [0.25, 0.3) is 0 Å². The Morgan fingerprint density at radius 1 is 1.17 bits per heavy atom. The molecular weight excluding hydrogens is 620 g/mol. The SMILES string of the molecule is C=CC1C[C@]1(NC(=O)[C@@H]1C[C@@H]2CN1C(=O)[C@H](C(C)(C)C)NC(=O)OC/C=C/CCOc1cnn2c(=O)c1)C(=O)NS(=O)(=O)C1CC1. The molecule has 4 amide bonds. The molecule has 4 bridgehead atoms. The van der Waals surface area contributed by atoms with Gasteiger partial charge in [0.1, 0.15) is 30.0 Å². The minimum absolute atomic E-state index is 0.0489. The molecule has 1 unspecified atom stereocenters. The molecule has 2 aliphatic carbocycles. The number of hydrogen-bond donors (Lipinski definition) is 3. The van der Waals surface area contributed by atoms with Gasteiger partial charge in [0.05, 0.1) is 24.1 Å². The largest absolute Gasteiger partial charge is 0.491 e. The third-order valence-electron chi connectivity index (χ3n) is 8.67. The molecule has 0 aromatic carbocycles. The maximum absolute atomic E-state index is 14.2. The van der Waals surface area contributed by atoms with Crippen LogP contribution in [0.15, 0.2) is 41.9 Å². The fraction of sp³-hybridized carbons (Fsp3) is 0.600. The van der Waals surface area contributed by atoms with E-state index < -0.39 is 79.6 Å². The number of nitrogens with one attached hydrogen (secondary N) is 3. The Morgan fingerprint density at radius 3 is 2.54 bits per heavy atom. The number of sulfonamides is 1. The third kappa shape index (κ3) is 6.95. The van der Waals surface area contributed by atoms with E-state index in [0.29, 0.717) is 19.3 Å². The third-order valence-corrected chi connectivity index (χ3v) is 10.5. The molecule has 3 aliphatic heterocycles. The lowest BCUT2D eigenvalue weighted by molar-refractivity contribution is -0.142. The lowest BCUT2D eigenvalue weighted by Crippen LogP contribution is -2.60. The normalized spacial score (nSPS) is 29.3. The van der Waals surface area contributed by atoms with Gasteiger partial charge in [0.2, 0.25) is 21.8 Å². The maximum atomic E-state index is 14.2. The van der Waals surface area contributed by atoms with Gasteiger partial charge in [0.15, 0.2) is 0 Å². The van der Waals surface area contributed by atoms with Crippen molar-refractivity contribution in [2.45, 2.75) is 81.8 Å². The van der Waals surface area contributed by atoms with Crippen LogP contribution in [0.5, 0.6) is 5.75 Å². The van der Waals surface area contributed by atoms with Crippen molar-refractivity contribution in [1.29, 1.82) is 0 Å². The van der Waals surface area contributed by atoms with Crippen LogP contribution in [-0.2, 0) is 29.1 Å². The molecule has 16 heteroatoms. The molecule has 5 atom stereocenters. The molecule has 1 aromatic heterocycles. The van der Waals surface area contributed by atoms with E-state index >= 15 is 0 Å². The molecule has 250 valence electrons. The van der Waals surface area contributed by atoms with Crippen molar-refractivity contribution >= 4 is 33.8 Å². The van der Waals surface area contributed by atoms with E-state index in [1.54, 1.807) is 32.9 Å². The quantitative estimate of drug-likeness (QED) is 0.362. The predicted octanol–water partition coefficient (Wildman–Crippen LogP) is 0.534. The molecule has 0 radical (unpaired) electrons. The number of carbonyl (C=O) groups is 4. The van der Waals surface area contributed by atoms with Crippen LogP contribution >= 0.6 is 0 Å². The Hall–Kier alpha value is -4.21. The summed E-state index contributed by atoms with van der Waals surface area (Å²) in [5, 5.41) is 8.95. The van der Waals surface area contributed by atoms with E-state index in [9.17, 15) is 32.4 Å². The van der Waals surface area contributed by atoms with Gasteiger partial charge < -0.3 is 25.0 Å². The molecule has 2 saturated carbocycles. The van der Waals surface area contributed by atoms with Crippen LogP contribution in [0.2, 0.25) is 0 Å². The first-order chi connectivity index (χ1) is 21.7. The van der Waals surface area contributed by atoms with Gasteiger partial charge in [-0.3, -0.25) is 23.9 Å². The van der Waals surface area contributed by atoms with Crippen LogP contribution < -0.4 is 25.7 Å². The minimum atomic E-state index is -3.90. The fourth-order valence-electron chi connectivity index (χ4n) is 5.79. The number of nitrogens with zero attached hydrogens (tertiary/aromatic N) is 3. The standard InChI is InChI=1S/C30H40N6O9S/c1-5-18-15-30(18,27(40)34-46(42,43)21-9-10-21)33-25(38)22-13-19-17-35(22)26(39)24(29(2,3)4)32-28(41)45-12-8-6-7-11-44-20-14-23(37)36(19)31-16-20/h5-6,8,14,16,18-19,21-22,24H,1,7,9-13,15,17H2,2-4H3,(H,32,41)(H,33,38)(H,34,40)/b8-6+/t18?,19-,22+,24-,30-/m1/s1. The molecule has 1 saturated heterocycles. The summed E-state index contributed by atoms with van der Waals surface area (Å²) in [5.41, 5.74) is -2.91. The van der Waals surface area contributed by atoms with Gasteiger partial charge in [-0.05, 0) is 31.1 Å². The first-order valence-electron chi connectivity index (χ1n) is 15.3. The Labute approximate surface area is 266 Å². The van der Waals surface area contributed by atoms with Crippen molar-refractivity contribution in [3.05, 3.63) is 47.4 Å². The number of alkyl carbamates (subject to hydrolysis) is 1. The van der Waals surface area contributed by atoms with Crippen molar-refractivity contribution in [2.24, 2.45) is 11.3 Å². The zero-order valence-electron chi connectivity index (χ0n) is 26.1. The van der Waals surface area contributed by atoms with E-state index in [1.807, 2.05) is 0 Å². The van der Waals surface area contributed by atoms with Gasteiger partial charge in [-0.25, -0.2) is 17.9 Å². The number of fused-ring (bicyclic) bond motifs is 11. The second-order valence-electron chi connectivity index (χ2n) is 13.2. The molecule has 15 nitrogen and oxygen atoms in total. The van der Waals surface area contributed by atoms with Crippen molar-refractivity contribution in [2.75, 3.05) is 19.8 Å². The number of aromatic nitrogens is 2. The first-order valence-corrected chi connectivity index (χ1v) is 16.8. The summed E-state index contributed by atoms with van der Waals surface area (Å²) in [5.74, 6) is -2.50. The molecule has 0 spiro atoms. The highest BCUT2D eigenvalue weighted by atomic mass is 32.2. The van der Waals surface area contributed by atoms with Gasteiger partial charge in [-0.2, -0.15) is 5.10 Å². The van der Waals surface area contributed by atoms with Gasteiger partial charge in [0, 0.05) is 24.9 Å². The molecule has 3 N–H and O–H groups in total. The van der Waals surface area contributed by atoms with Crippen LogP contribution in [-0.4, -0.2) is 89.5 Å². The van der Waals surface area contributed by atoms with E-state index in [2.05, 4.69) is 27.0 Å². The molecule has 6 rings (SSSR count). The molecule has 5 aliphatic rings. The summed E-state index contributed by atoms with van der Waals surface area (Å²) in [6, 6.07) is -1.81. The highest BCUT2D eigenvalue weighted by Gasteiger charge is 2.62. The van der Waals surface area contributed by atoms with Crippen LogP contribution in [0.1, 0.15) is 58.9 Å². The van der Waals surface area contributed by atoms with Gasteiger partial charge in [-0.15, -0.1) is 6.58 Å². The van der Waals surface area contributed by atoms with Gasteiger partial charge >= 0.3 is 6.09 Å². The number of rotatable bonds is 6. The first kappa shape index (κ1) is 33.2. The lowest BCUT2D eigenvalue weighted by Gasteiger charge is -2.35. The van der Waals surface area contributed by atoms with Crippen LogP contribution in [0.4, 0.5) is 4.79 Å². The summed E-state index contributed by atoms with van der Waals surface area (Å²) < 4.78 is 39.3. The van der Waals surface area contributed by atoms with Gasteiger partial charge in [-0.1, -0.05) is 39.0 Å². The molecule has 46 heavy (non-hydrogen) atoms. The average molecular weight is 661 g/mol. The second kappa shape index (κ2) is 12.5. The van der Waals surface area contributed by atoms with Crippen molar-refractivity contribution in [3.63, 3.8) is 0 Å². The fourth-order valence-corrected chi connectivity index (χ4v) is 7.15. The van der Waals surface area contributed by atoms with E-state index in [1.165, 1.54) is 27.9 Å². The van der Waals surface area contributed by atoms with Gasteiger partial charge in [0.25, 0.3) is 11.5 Å². The Bertz CT molecular complexity index is 1610. The number of amides is 4. The van der Waals surface area contributed by atoms with E-state index in [4.69, 9.17) is 9.47 Å². The monoisotopic (exact) mass is 660 g/mol. The maximum Gasteiger partial charge on any atom is 0.408 e. The number of ether oxygens (including phenoxy) is 2. The highest BCUT2D eigenvalue weighted by molar-refractivity contribution is 7.91. The summed E-state index contributed by atoms with van der Waals surface area (Å²) in [6.07, 6.45) is 6.82. The Morgan fingerprint density at radius 2 is 1.91 bits per heavy atom. The summed E-state index contributed by atoms with van der Waals surface area (Å²) in [4.78, 5) is 68.7. The minimum Gasteiger partial charge on any atom is -0.491 e. The smallest absolute Gasteiger partial charge is 0.408 e. The van der Waals surface area contributed by atoms with Crippen LogP contribution in [0, 0.1) is 11.3 Å². The van der Waals surface area contributed by atoms with E-state index in [0.717, 1.165) is 0 Å². The molecule has 3 fully saturated rings. The Kier molecular flexibility index (Phi) is 9.03. The summed E-state index contributed by atoms with van der Waals surface area (Å²) in [7, 11) is -3.90. The molecule has 4 heterocycles. The molecular formula is C30H40N6O9S. The lowest BCUT2D eigenvalue weighted by atomic mass is 9.85. The summed E-state index contributed by atoms with van der Waals surface area (Å²) >= 11 is 0. The Balaban J connectivity index is 1.47. The molecule has 1 aromatic rings. The number of carbonyl (C=O) groups excluding carboxylic acids is 4. The zero-order chi connectivity index (χ0) is 33.4. The predicted molar refractivity (Wildman–Crippen MR) is 164 cm³/mol. The topological polar surface area (TPSA) is 195 Å². The van der Waals surface area contributed by atoms with E-state index in [-0.39, 0.29) is 38.3 Å². The van der Waals surface area contributed by atoms with Crippen molar-refractivity contribution < 1.29 is 37.1 Å². The van der Waals surface area contributed by atoms with Crippen molar-refractivity contribution in [1.82, 2.24) is 30.0 Å². The van der Waals surface area contributed by atoms with Crippen molar-refractivity contribution in [3.8, 4) is 5.75 Å². The second-order valence-corrected chi connectivity index (χ2v) is 15.2. The average Bonchev–Trinajstić information content (AvgIpc) is 3.90.